The zero-order valence-electron chi connectivity index (χ0n) is 18.2. The predicted molar refractivity (Wildman–Crippen MR) is 124 cm³/mol. The molecule has 1 atom stereocenters. The summed E-state index contributed by atoms with van der Waals surface area (Å²) in [5.41, 5.74) is 2.48. The Labute approximate surface area is 193 Å². The van der Waals surface area contributed by atoms with E-state index in [4.69, 9.17) is 0 Å². The molecule has 11 heteroatoms. The molecule has 2 aromatic carbocycles. The van der Waals surface area contributed by atoms with E-state index < -0.39 is 11.9 Å². The largest absolute Gasteiger partial charge is 0.348 e. The number of aryl methyl sites for hydroxylation is 1. The molecule has 0 fully saturated rings. The first-order chi connectivity index (χ1) is 16.6. The van der Waals surface area contributed by atoms with Crippen LogP contribution in [0.25, 0.3) is 22.2 Å². The van der Waals surface area contributed by atoms with Gasteiger partial charge in [0.25, 0.3) is 11.8 Å². The van der Waals surface area contributed by atoms with Crippen molar-refractivity contribution in [3.63, 3.8) is 0 Å². The first-order valence-electron chi connectivity index (χ1n) is 10.6. The minimum absolute atomic E-state index is 0.145. The summed E-state index contributed by atoms with van der Waals surface area (Å²) in [5.74, 6) is -0.741. The lowest BCUT2D eigenvalue weighted by molar-refractivity contribution is 0.0907. The molecule has 2 amide bonds. The third kappa shape index (κ3) is 4.26. The number of carbonyl (C=O) groups excluding carboxylic acids is 2. The predicted octanol–water partition coefficient (Wildman–Crippen LogP) is 1.98. The first kappa shape index (κ1) is 21.1. The monoisotopic (exact) mass is 455 g/mol. The number of nitrogens with zero attached hydrogens (tertiary/aromatic N) is 5. The topological polar surface area (TPSA) is 146 Å². The second-order valence-corrected chi connectivity index (χ2v) is 7.73. The van der Waals surface area contributed by atoms with Crippen molar-refractivity contribution in [3.05, 3.63) is 83.9 Å². The number of hydrogen-bond acceptors (Lipinski definition) is 6. The molecule has 1 unspecified atom stereocenters. The molecular weight excluding hydrogens is 434 g/mol. The van der Waals surface area contributed by atoms with Crippen molar-refractivity contribution >= 4 is 22.6 Å². The van der Waals surface area contributed by atoms with Gasteiger partial charge >= 0.3 is 0 Å². The molecule has 0 aliphatic carbocycles. The van der Waals surface area contributed by atoms with Gasteiger partial charge in [-0.2, -0.15) is 25.6 Å². The van der Waals surface area contributed by atoms with Gasteiger partial charge < -0.3 is 10.6 Å². The minimum atomic E-state index is -0.514. The average molecular weight is 455 g/mol. The summed E-state index contributed by atoms with van der Waals surface area (Å²) in [4.78, 5) is 25.7. The Hall–Kier alpha value is -4.80. The highest BCUT2D eigenvalue weighted by molar-refractivity contribution is 5.99. The number of hydrogen-bond donors (Lipinski definition) is 4. The molecule has 3 aromatic heterocycles. The van der Waals surface area contributed by atoms with Crippen LogP contribution in [0.3, 0.4) is 0 Å². The Kier molecular flexibility index (Phi) is 5.56. The van der Waals surface area contributed by atoms with E-state index in [0.717, 1.165) is 16.3 Å². The highest BCUT2D eigenvalue weighted by Crippen LogP contribution is 2.23. The fraction of sp³-hybridized carbons (Fsp3) is 0.130. The minimum Gasteiger partial charge on any atom is -0.348 e. The molecule has 0 saturated carbocycles. The van der Waals surface area contributed by atoms with Crippen LogP contribution in [0.2, 0.25) is 0 Å². The van der Waals surface area contributed by atoms with Crippen molar-refractivity contribution in [3.8, 4) is 11.4 Å². The molecule has 3 heterocycles. The Morgan fingerprint density at radius 1 is 1.03 bits per heavy atom. The molecule has 11 nitrogen and oxygen atoms in total. The summed E-state index contributed by atoms with van der Waals surface area (Å²) in [5, 5.41) is 29.1. The molecule has 0 aliphatic heterocycles. The van der Waals surface area contributed by atoms with E-state index in [1.54, 1.807) is 24.0 Å². The number of benzene rings is 2. The van der Waals surface area contributed by atoms with Crippen LogP contribution in [0, 0.1) is 0 Å². The fourth-order valence-corrected chi connectivity index (χ4v) is 3.71. The molecule has 0 bridgehead atoms. The normalized spacial score (nSPS) is 11.9. The van der Waals surface area contributed by atoms with Gasteiger partial charge in [-0.3, -0.25) is 19.4 Å². The summed E-state index contributed by atoms with van der Waals surface area (Å²) < 4.78 is 1.65. The first-order valence-corrected chi connectivity index (χ1v) is 10.6. The molecule has 0 radical (unpaired) electrons. The number of aromatic amines is 2. The van der Waals surface area contributed by atoms with Crippen LogP contribution < -0.4 is 10.6 Å². The zero-order chi connectivity index (χ0) is 23.5. The Morgan fingerprint density at radius 2 is 1.88 bits per heavy atom. The van der Waals surface area contributed by atoms with Crippen LogP contribution in [-0.4, -0.2) is 53.7 Å². The number of amides is 2. The van der Waals surface area contributed by atoms with Gasteiger partial charge in [0.1, 0.15) is 5.69 Å². The van der Waals surface area contributed by atoms with Crippen LogP contribution in [-0.2, 0) is 7.05 Å². The molecule has 0 saturated heterocycles. The summed E-state index contributed by atoms with van der Waals surface area (Å²) in [7, 11) is 1.80. The van der Waals surface area contributed by atoms with E-state index in [-0.39, 0.29) is 18.1 Å². The van der Waals surface area contributed by atoms with E-state index in [2.05, 4.69) is 41.3 Å². The lowest BCUT2D eigenvalue weighted by atomic mass is 10.0. The van der Waals surface area contributed by atoms with Gasteiger partial charge in [0.05, 0.1) is 29.7 Å². The van der Waals surface area contributed by atoms with Gasteiger partial charge in [-0.15, -0.1) is 0 Å². The Bertz CT molecular complexity index is 1450. The standard InChI is InChI=1S/C23H21N9O2/c1-32-9-8-18(30-32)21-17(11-25-29-21)22(33)27-19(12-24-23(34)20-13-26-31-28-20)16-7-6-14-4-2-3-5-15(14)10-16/h2-11,13,19H,12H2,1H3,(H,24,34)(H,25,29)(H,27,33)(H,26,28,31). The van der Waals surface area contributed by atoms with Crippen molar-refractivity contribution in [1.82, 2.24) is 46.0 Å². The molecule has 34 heavy (non-hydrogen) atoms. The summed E-state index contributed by atoms with van der Waals surface area (Å²) in [6.07, 6.45) is 4.59. The Morgan fingerprint density at radius 3 is 2.65 bits per heavy atom. The van der Waals surface area contributed by atoms with E-state index >= 15 is 0 Å². The number of carbonyl (C=O) groups is 2. The average Bonchev–Trinajstić information content (AvgIpc) is 3.62. The molecule has 4 N–H and O–H groups in total. The molecule has 170 valence electrons. The second-order valence-electron chi connectivity index (χ2n) is 7.73. The van der Waals surface area contributed by atoms with Crippen molar-refractivity contribution < 1.29 is 9.59 Å². The summed E-state index contributed by atoms with van der Waals surface area (Å²) in [6, 6.07) is 15.1. The number of H-pyrrole nitrogens is 2. The third-order valence-electron chi connectivity index (χ3n) is 5.45. The summed E-state index contributed by atoms with van der Waals surface area (Å²) >= 11 is 0. The van der Waals surface area contributed by atoms with Crippen LogP contribution in [0.15, 0.2) is 67.1 Å². The number of rotatable bonds is 7. The SMILES string of the molecule is Cn1ccc(-c2[nH]ncc2C(=O)NC(CNC(=O)c2cn[nH]n2)c2ccc3ccccc3c2)n1. The van der Waals surface area contributed by atoms with Crippen LogP contribution >= 0.6 is 0 Å². The number of aromatic nitrogens is 7. The van der Waals surface area contributed by atoms with Gasteiger partial charge in [0.2, 0.25) is 0 Å². The lowest BCUT2D eigenvalue weighted by Gasteiger charge is -2.20. The maximum absolute atomic E-state index is 13.3. The highest BCUT2D eigenvalue weighted by Gasteiger charge is 2.22. The van der Waals surface area contributed by atoms with Gasteiger partial charge in [-0.1, -0.05) is 36.4 Å². The zero-order valence-corrected chi connectivity index (χ0v) is 18.2. The van der Waals surface area contributed by atoms with E-state index in [9.17, 15) is 9.59 Å². The molecular formula is C23H21N9O2. The second kappa shape index (κ2) is 8.98. The van der Waals surface area contributed by atoms with Crippen molar-refractivity contribution in [2.24, 2.45) is 7.05 Å². The van der Waals surface area contributed by atoms with E-state index in [1.165, 1.54) is 12.4 Å². The third-order valence-corrected chi connectivity index (χ3v) is 5.45. The van der Waals surface area contributed by atoms with E-state index in [1.807, 2.05) is 42.5 Å². The Balaban J connectivity index is 1.42. The molecule has 0 spiro atoms. The fourth-order valence-electron chi connectivity index (χ4n) is 3.71. The van der Waals surface area contributed by atoms with Crippen molar-refractivity contribution in [2.45, 2.75) is 6.04 Å². The van der Waals surface area contributed by atoms with Crippen LogP contribution in [0.4, 0.5) is 0 Å². The maximum atomic E-state index is 13.3. The molecule has 5 aromatic rings. The van der Waals surface area contributed by atoms with Crippen LogP contribution in [0.1, 0.15) is 32.5 Å². The van der Waals surface area contributed by atoms with Crippen molar-refractivity contribution in [1.29, 1.82) is 0 Å². The lowest BCUT2D eigenvalue weighted by Crippen LogP contribution is -2.38. The van der Waals surface area contributed by atoms with Gasteiger partial charge in [0, 0.05) is 19.8 Å². The number of fused-ring (bicyclic) bond motifs is 1. The molecule has 5 rings (SSSR count). The quantitative estimate of drug-likeness (QED) is 0.295. The maximum Gasteiger partial charge on any atom is 0.273 e. The van der Waals surface area contributed by atoms with Gasteiger partial charge in [0.15, 0.2) is 5.69 Å². The van der Waals surface area contributed by atoms with Gasteiger partial charge in [-0.25, -0.2) is 0 Å². The number of nitrogens with one attached hydrogen (secondary N) is 4. The van der Waals surface area contributed by atoms with Gasteiger partial charge in [-0.05, 0) is 28.5 Å². The smallest absolute Gasteiger partial charge is 0.273 e. The van der Waals surface area contributed by atoms with E-state index in [0.29, 0.717) is 17.0 Å². The summed E-state index contributed by atoms with van der Waals surface area (Å²) in [6.45, 7) is 0.145. The molecule has 0 aliphatic rings. The van der Waals surface area contributed by atoms with Crippen LogP contribution in [0.5, 0.6) is 0 Å². The van der Waals surface area contributed by atoms with Crippen molar-refractivity contribution in [2.75, 3.05) is 6.54 Å². The highest BCUT2D eigenvalue weighted by atomic mass is 16.2.